The van der Waals surface area contributed by atoms with Gasteiger partial charge in [0, 0.05) is 20.1 Å². The van der Waals surface area contributed by atoms with Crippen LogP contribution < -0.4 is 0 Å². The first-order valence-corrected chi connectivity index (χ1v) is 4.76. The Morgan fingerprint density at radius 1 is 1.31 bits per heavy atom. The van der Waals surface area contributed by atoms with Gasteiger partial charge < -0.3 is 4.90 Å². The molecular formula is C9H16N2O2. The summed E-state index contributed by atoms with van der Waals surface area (Å²) in [5.41, 5.74) is -0.168. The van der Waals surface area contributed by atoms with Gasteiger partial charge in [0.2, 0.25) is 5.91 Å². The van der Waals surface area contributed by atoms with Gasteiger partial charge in [0.15, 0.2) is 0 Å². The van der Waals surface area contributed by atoms with Crippen LogP contribution in [0.2, 0.25) is 0 Å². The number of rotatable bonds is 0. The summed E-state index contributed by atoms with van der Waals surface area (Å²) in [5.74, 6) is 0.115. The van der Waals surface area contributed by atoms with Crippen LogP contribution in [0.25, 0.3) is 0 Å². The van der Waals surface area contributed by atoms with Gasteiger partial charge in [-0.2, -0.15) is 0 Å². The van der Waals surface area contributed by atoms with E-state index in [2.05, 4.69) is 11.9 Å². The maximum atomic E-state index is 11.3. The molecule has 4 heteroatoms. The molecule has 74 valence electrons. The number of nitrogens with zero attached hydrogens (tertiary/aromatic N) is 2. The Morgan fingerprint density at radius 2 is 1.92 bits per heavy atom. The van der Waals surface area contributed by atoms with Crippen LogP contribution in [-0.2, 0) is 9.63 Å². The van der Waals surface area contributed by atoms with Crippen molar-refractivity contribution in [2.45, 2.75) is 24.9 Å². The lowest BCUT2D eigenvalue weighted by Gasteiger charge is -2.35. The number of piperidine rings is 1. The quantitative estimate of drug-likeness (QED) is 0.541. The summed E-state index contributed by atoms with van der Waals surface area (Å²) in [6.07, 6.45) is 2.51. The van der Waals surface area contributed by atoms with E-state index in [-0.39, 0.29) is 11.5 Å². The molecule has 0 aromatic rings. The molecule has 0 radical (unpaired) electrons. The van der Waals surface area contributed by atoms with E-state index in [0.717, 1.165) is 25.9 Å². The molecule has 0 N–H and O–H groups in total. The summed E-state index contributed by atoms with van der Waals surface area (Å²) >= 11 is 0. The largest absolute Gasteiger partial charge is 0.306 e. The van der Waals surface area contributed by atoms with Crippen LogP contribution in [0.4, 0.5) is 0 Å². The number of carbonyl (C=O) groups is 1. The molecule has 0 unspecified atom stereocenters. The van der Waals surface area contributed by atoms with Crippen molar-refractivity contribution in [1.29, 1.82) is 0 Å². The van der Waals surface area contributed by atoms with Crippen molar-refractivity contribution in [3.8, 4) is 0 Å². The van der Waals surface area contributed by atoms with Crippen LogP contribution in [-0.4, -0.2) is 48.7 Å². The zero-order chi connectivity index (χ0) is 9.47. The summed E-state index contributed by atoms with van der Waals surface area (Å²) in [6.45, 7) is 2.06. The molecule has 2 saturated heterocycles. The minimum Gasteiger partial charge on any atom is -0.306 e. The fourth-order valence-electron chi connectivity index (χ4n) is 2.05. The zero-order valence-electron chi connectivity index (χ0n) is 8.25. The van der Waals surface area contributed by atoms with Gasteiger partial charge >= 0.3 is 0 Å². The topological polar surface area (TPSA) is 32.8 Å². The lowest BCUT2D eigenvalue weighted by Crippen LogP contribution is -2.43. The zero-order valence-corrected chi connectivity index (χ0v) is 8.25. The van der Waals surface area contributed by atoms with Crippen molar-refractivity contribution >= 4 is 5.91 Å². The van der Waals surface area contributed by atoms with Crippen LogP contribution in [0, 0.1) is 0 Å². The highest BCUT2D eigenvalue weighted by molar-refractivity contribution is 5.77. The van der Waals surface area contributed by atoms with Crippen molar-refractivity contribution in [3.63, 3.8) is 0 Å². The van der Waals surface area contributed by atoms with Crippen molar-refractivity contribution < 1.29 is 9.63 Å². The third-order valence-electron chi connectivity index (χ3n) is 3.05. The number of amides is 1. The Kier molecular flexibility index (Phi) is 2.04. The van der Waals surface area contributed by atoms with E-state index >= 15 is 0 Å². The second-order valence-corrected chi connectivity index (χ2v) is 4.15. The summed E-state index contributed by atoms with van der Waals surface area (Å²) < 4.78 is 0. The number of likely N-dealkylation sites (tertiary alicyclic amines) is 1. The molecule has 1 amide bonds. The average molecular weight is 184 g/mol. The fourth-order valence-corrected chi connectivity index (χ4v) is 2.05. The van der Waals surface area contributed by atoms with E-state index in [9.17, 15) is 4.79 Å². The van der Waals surface area contributed by atoms with Gasteiger partial charge in [0.05, 0.1) is 6.42 Å². The van der Waals surface area contributed by atoms with Gasteiger partial charge in [-0.25, -0.2) is 5.06 Å². The minimum atomic E-state index is -0.168. The van der Waals surface area contributed by atoms with E-state index in [1.165, 1.54) is 5.06 Å². The number of hydroxylamine groups is 2. The molecule has 0 atom stereocenters. The maximum absolute atomic E-state index is 11.3. The highest BCUT2D eigenvalue weighted by atomic mass is 16.7. The predicted octanol–water partition coefficient (Wildman–Crippen LogP) is 0.244. The average Bonchev–Trinajstić information content (AvgIpc) is 2.36. The molecule has 1 spiro atoms. The van der Waals surface area contributed by atoms with Gasteiger partial charge in [-0.05, 0) is 19.9 Å². The molecule has 2 aliphatic heterocycles. The highest BCUT2D eigenvalue weighted by Gasteiger charge is 2.44. The molecule has 2 aliphatic rings. The third-order valence-corrected chi connectivity index (χ3v) is 3.05. The Labute approximate surface area is 78.4 Å². The fraction of sp³-hybridized carbons (Fsp3) is 0.889. The summed E-state index contributed by atoms with van der Waals surface area (Å²) in [4.78, 5) is 19.2. The molecule has 2 heterocycles. The lowest BCUT2D eigenvalue weighted by atomic mass is 9.89. The first-order valence-electron chi connectivity index (χ1n) is 4.76. The summed E-state index contributed by atoms with van der Waals surface area (Å²) in [5, 5.41) is 1.39. The number of carbonyl (C=O) groups excluding carboxylic acids is 1. The smallest absolute Gasteiger partial charge is 0.248 e. The van der Waals surface area contributed by atoms with Crippen LogP contribution in [0.3, 0.4) is 0 Å². The molecule has 13 heavy (non-hydrogen) atoms. The van der Waals surface area contributed by atoms with E-state index in [1.54, 1.807) is 7.05 Å². The van der Waals surface area contributed by atoms with E-state index in [0.29, 0.717) is 6.42 Å². The number of hydrogen-bond donors (Lipinski definition) is 0. The summed E-state index contributed by atoms with van der Waals surface area (Å²) in [6, 6.07) is 0. The van der Waals surface area contributed by atoms with Gasteiger partial charge in [-0.15, -0.1) is 0 Å². The predicted molar refractivity (Wildman–Crippen MR) is 47.9 cm³/mol. The SMILES string of the molecule is CN1CCC2(CC1)CC(=O)N(C)O2. The van der Waals surface area contributed by atoms with Gasteiger partial charge in [-0.3, -0.25) is 9.63 Å². The standard InChI is InChI=1S/C9H16N2O2/c1-10-5-3-9(4-6-10)7-8(12)11(2)13-9/h3-7H2,1-2H3. The molecule has 2 fully saturated rings. The summed E-state index contributed by atoms with van der Waals surface area (Å²) in [7, 11) is 3.81. The second-order valence-electron chi connectivity index (χ2n) is 4.15. The minimum absolute atomic E-state index is 0.115. The molecular weight excluding hydrogens is 168 g/mol. The monoisotopic (exact) mass is 184 g/mol. The van der Waals surface area contributed by atoms with E-state index < -0.39 is 0 Å². The Morgan fingerprint density at radius 3 is 2.38 bits per heavy atom. The third kappa shape index (κ3) is 1.56. The molecule has 0 aromatic heterocycles. The van der Waals surface area contributed by atoms with Crippen LogP contribution >= 0.6 is 0 Å². The Bertz CT molecular complexity index is 222. The van der Waals surface area contributed by atoms with Crippen molar-refractivity contribution in [1.82, 2.24) is 9.96 Å². The van der Waals surface area contributed by atoms with E-state index in [4.69, 9.17) is 4.84 Å². The molecule has 0 aliphatic carbocycles. The van der Waals surface area contributed by atoms with Gasteiger partial charge in [0.1, 0.15) is 5.60 Å². The second kappa shape index (κ2) is 2.96. The Hall–Kier alpha value is -0.610. The van der Waals surface area contributed by atoms with Crippen LogP contribution in [0.15, 0.2) is 0 Å². The van der Waals surface area contributed by atoms with Crippen molar-refractivity contribution in [3.05, 3.63) is 0 Å². The first-order chi connectivity index (χ1) is 6.11. The van der Waals surface area contributed by atoms with Crippen LogP contribution in [0.5, 0.6) is 0 Å². The van der Waals surface area contributed by atoms with Crippen LogP contribution in [0.1, 0.15) is 19.3 Å². The van der Waals surface area contributed by atoms with Gasteiger partial charge in [-0.1, -0.05) is 0 Å². The van der Waals surface area contributed by atoms with Crippen molar-refractivity contribution in [2.24, 2.45) is 0 Å². The number of hydrogen-bond acceptors (Lipinski definition) is 3. The van der Waals surface area contributed by atoms with E-state index in [1.807, 2.05) is 0 Å². The molecule has 4 nitrogen and oxygen atoms in total. The molecule has 0 bridgehead atoms. The lowest BCUT2D eigenvalue weighted by molar-refractivity contribution is -0.198. The maximum Gasteiger partial charge on any atom is 0.248 e. The molecule has 2 rings (SSSR count). The molecule has 0 saturated carbocycles. The van der Waals surface area contributed by atoms with Crippen molar-refractivity contribution in [2.75, 3.05) is 27.2 Å². The molecule has 0 aromatic carbocycles. The normalized spacial score (nSPS) is 28.8. The first kappa shape index (κ1) is 8.97. The van der Waals surface area contributed by atoms with Gasteiger partial charge in [0.25, 0.3) is 0 Å². The highest BCUT2D eigenvalue weighted by Crippen LogP contribution is 2.35. The Balaban J connectivity index is 2.03.